The maximum atomic E-state index is 12.7. The lowest BCUT2D eigenvalue weighted by molar-refractivity contribution is -0.137. The summed E-state index contributed by atoms with van der Waals surface area (Å²) in [6.07, 6.45) is -5.71. The zero-order valence-corrected chi connectivity index (χ0v) is 7.27. The topological polar surface area (TPSA) is 20.2 Å². The molecule has 0 fully saturated rings. The van der Waals surface area contributed by atoms with E-state index in [4.69, 9.17) is 5.11 Å². The highest BCUT2D eigenvalue weighted by Crippen LogP contribution is 2.31. The number of benzene rings is 1. The summed E-state index contributed by atoms with van der Waals surface area (Å²) in [5.41, 5.74) is -1.18. The third kappa shape index (κ3) is 2.45. The van der Waals surface area contributed by atoms with E-state index in [1.807, 2.05) is 0 Å². The van der Waals surface area contributed by atoms with Gasteiger partial charge in [0.25, 0.3) is 0 Å². The van der Waals surface area contributed by atoms with Crippen LogP contribution in [0.5, 0.6) is 0 Å². The molecule has 78 valence electrons. The molecule has 0 aliphatic carbocycles. The van der Waals surface area contributed by atoms with Gasteiger partial charge in [-0.15, -0.1) is 0 Å². The number of rotatable bonds is 1. The Morgan fingerprint density at radius 1 is 1.21 bits per heavy atom. The molecular formula is C9H8F4O. The molecule has 1 rings (SSSR count). The summed E-state index contributed by atoms with van der Waals surface area (Å²) in [5, 5.41) is 9.00. The van der Waals surface area contributed by atoms with Crippen molar-refractivity contribution in [1.82, 2.24) is 0 Å². The minimum atomic E-state index is -4.59. The summed E-state index contributed by atoms with van der Waals surface area (Å²) >= 11 is 0. The standard InChI is InChI=1S/C9H8F4O/c1-5(14)6-2-7(9(11,12)13)4-8(10)3-6/h2-5,14H,1H3. The third-order valence-electron chi connectivity index (χ3n) is 1.73. The van der Waals surface area contributed by atoms with Gasteiger partial charge in [-0.1, -0.05) is 0 Å². The van der Waals surface area contributed by atoms with E-state index in [1.165, 1.54) is 6.92 Å². The highest BCUT2D eigenvalue weighted by molar-refractivity contribution is 5.27. The normalized spacial score (nSPS) is 14.1. The molecular weight excluding hydrogens is 200 g/mol. The molecule has 0 radical (unpaired) electrons. The van der Waals surface area contributed by atoms with Gasteiger partial charge in [0, 0.05) is 0 Å². The molecule has 0 bridgehead atoms. The predicted octanol–water partition coefficient (Wildman–Crippen LogP) is 2.90. The second-order valence-corrected chi connectivity index (χ2v) is 2.95. The molecule has 0 aliphatic heterocycles. The van der Waals surface area contributed by atoms with Crippen LogP contribution in [0.1, 0.15) is 24.2 Å². The van der Waals surface area contributed by atoms with Crippen molar-refractivity contribution in [3.05, 3.63) is 35.1 Å². The van der Waals surface area contributed by atoms with Gasteiger partial charge in [0.2, 0.25) is 0 Å². The van der Waals surface area contributed by atoms with Crippen LogP contribution < -0.4 is 0 Å². The van der Waals surface area contributed by atoms with Gasteiger partial charge in [-0.3, -0.25) is 0 Å². The second-order valence-electron chi connectivity index (χ2n) is 2.95. The van der Waals surface area contributed by atoms with Crippen LogP contribution in [0.2, 0.25) is 0 Å². The Morgan fingerprint density at radius 2 is 1.79 bits per heavy atom. The lowest BCUT2D eigenvalue weighted by Gasteiger charge is -2.10. The lowest BCUT2D eigenvalue weighted by Crippen LogP contribution is -2.07. The second kappa shape index (κ2) is 3.57. The fourth-order valence-corrected chi connectivity index (χ4v) is 1.02. The summed E-state index contributed by atoms with van der Waals surface area (Å²) in [4.78, 5) is 0. The van der Waals surface area contributed by atoms with Crippen molar-refractivity contribution in [1.29, 1.82) is 0 Å². The molecule has 14 heavy (non-hydrogen) atoms. The fraction of sp³-hybridized carbons (Fsp3) is 0.333. The summed E-state index contributed by atoms with van der Waals surface area (Å²) in [6, 6.07) is 2.00. The molecule has 0 aromatic heterocycles. The first-order valence-electron chi connectivity index (χ1n) is 3.86. The highest BCUT2D eigenvalue weighted by Gasteiger charge is 2.31. The lowest BCUT2D eigenvalue weighted by atomic mass is 10.1. The van der Waals surface area contributed by atoms with Crippen LogP contribution in [-0.4, -0.2) is 5.11 Å². The largest absolute Gasteiger partial charge is 0.416 e. The number of halogens is 4. The minimum absolute atomic E-state index is 0.0858. The first-order chi connectivity index (χ1) is 6.30. The third-order valence-corrected chi connectivity index (χ3v) is 1.73. The van der Waals surface area contributed by atoms with Crippen LogP contribution in [0, 0.1) is 5.82 Å². The number of aliphatic hydroxyl groups is 1. The average Bonchev–Trinajstić information content (AvgIpc) is 2.01. The van der Waals surface area contributed by atoms with Gasteiger partial charge in [0.15, 0.2) is 0 Å². The Bertz CT molecular complexity index is 330. The summed E-state index contributed by atoms with van der Waals surface area (Å²) in [6.45, 7) is 1.27. The molecule has 1 atom stereocenters. The van der Waals surface area contributed by atoms with E-state index in [9.17, 15) is 17.6 Å². The number of hydrogen-bond acceptors (Lipinski definition) is 1. The van der Waals surface area contributed by atoms with Gasteiger partial charge in [-0.2, -0.15) is 13.2 Å². The smallest absolute Gasteiger partial charge is 0.389 e. The zero-order chi connectivity index (χ0) is 10.9. The molecule has 1 aromatic rings. The Hall–Kier alpha value is -1.10. The van der Waals surface area contributed by atoms with Crippen molar-refractivity contribution in [2.24, 2.45) is 0 Å². The number of alkyl halides is 3. The van der Waals surface area contributed by atoms with E-state index in [0.717, 1.165) is 12.1 Å². The average molecular weight is 208 g/mol. The molecule has 0 saturated heterocycles. The molecule has 5 heteroatoms. The van der Waals surface area contributed by atoms with E-state index < -0.39 is 23.7 Å². The number of aliphatic hydroxyl groups excluding tert-OH is 1. The first-order valence-corrected chi connectivity index (χ1v) is 3.86. The van der Waals surface area contributed by atoms with Crippen molar-refractivity contribution in [2.45, 2.75) is 19.2 Å². The molecule has 0 amide bonds. The molecule has 0 heterocycles. The Labute approximate surface area is 78.0 Å². The molecule has 1 unspecified atom stereocenters. The van der Waals surface area contributed by atoms with Crippen LogP contribution in [-0.2, 0) is 6.18 Å². The Morgan fingerprint density at radius 3 is 2.21 bits per heavy atom. The van der Waals surface area contributed by atoms with Crippen LogP contribution in [0.4, 0.5) is 17.6 Å². The first kappa shape index (κ1) is 11.0. The highest BCUT2D eigenvalue weighted by atomic mass is 19.4. The van der Waals surface area contributed by atoms with Gasteiger partial charge in [-0.05, 0) is 30.7 Å². The zero-order valence-electron chi connectivity index (χ0n) is 7.27. The van der Waals surface area contributed by atoms with E-state index in [-0.39, 0.29) is 5.56 Å². The van der Waals surface area contributed by atoms with Gasteiger partial charge >= 0.3 is 6.18 Å². The monoisotopic (exact) mass is 208 g/mol. The minimum Gasteiger partial charge on any atom is -0.389 e. The maximum absolute atomic E-state index is 12.7. The molecule has 1 nitrogen and oxygen atoms in total. The predicted molar refractivity (Wildman–Crippen MR) is 42.0 cm³/mol. The van der Waals surface area contributed by atoms with E-state index in [0.29, 0.717) is 6.07 Å². The quantitative estimate of drug-likeness (QED) is 0.703. The fourth-order valence-electron chi connectivity index (χ4n) is 1.02. The van der Waals surface area contributed by atoms with Crippen molar-refractivity contribution in [2.75, 3.05) is 0 Å². The molecule has 1 aromatic carbocycles. The maximum Gasteiger partial charge on any atom is 0.416 e. The van der Waals surface area contributed by atoms with Crippen molar-refractivity contribution in [3.63, 3.8) is 0 Å². The van der Waals surface area contributed by atoms with Crippen LogP contribution in [0.15, 0.2) is 18.2 Å². The van der Waals surface area contributed by atoms with Crippen molar-refractivity contribution in [3.8, 4) is 0 Å². The van der Waals surface area contributed by atoms with E-state index >= 15 is 0 Å². The van der Waals surface area contributed by atoms with Gasteiger partial charge in [0.1, 0.15) is 5.82 Å². The van der Waals surface area contributed by atoms with Gasteiger partial charge in [-0.25, -0.2) is 4.39 Å². The molecule has 0 saturated carbocycles. The SMILES string of the molecule is CC(O)c1cc(F)cc(C(F)(F)F)c1. The Balaban J connectivity index is 3.21. The molecule has 0 spiro atoms. The van der Waals surface area contributed by atoms with Gasteiger partial charge < -0.3 is 5.11 Å². The Kier molecular flexibility index (Phi) is 2.80. The molecule has 1 N–H and O–H groups in total. The van der Waals surface area contributed by atoms with Crippen molar-refractivity contribution < 1.29 is 22.7 Å². The van der Waals surface area contributed by atoms with E-state index in [1.54, 1.807) is 0 Å². The van der Waals surface area contributed by atoms with E-state index in [2.05, 4.69) is 0 Å². The van der Waals surface area contributed by atoms with Crippen LogP contribution in [0.3, 0.4) is 0 Å². The number of hydrogen-bond donors (Lipinski definition) is 1. The van der Waals surface area contributed by atoms with Crippen LogP contribution in [0.25, 0.3) is 0 Å². The van der Waals surface area contributed by atoms with Gasteiger partial charge in [0.05, 0.1) is 11.7 Å². The summed E-state index contributed by atoms with van der Waals surface area (Å²) in [5.74, 6) is -1.00. The summed E-state index contributed by atoms with van der Waals surface area (Å²) in [7, 11) is 0. The van der Waals surface area contributed by atoms with Crippen molar-refractivity contribution >= 4 is 0 Å². The molecule has 0 aliphatic rings. The van der Waals surface area contributed by atoms with Crippen LogP contribution >= 0.6 is 0 Å². The summed E-state index contributed by atoms with van der Waals surface area (Å²) < 4.78 is 49.2.